The molecule has 34 heavy (non-hydrogen) atoms. The number of amides is 2. The highest BCUT2D eigenvalue weighted by molar-refractivity contribution is 7.81. The monoisotopic (exact) mass is 494 g/mol. The third-order valence-corrected chi connectivity index (χ3v) is 5.45. The molecule has 0 heterocycles. The fourth-order valence-corrected chi connectivity index (χ4v) is 3.62. The molecule has 0 aromatic heterocycles. The number of hydrogen-bond acceptors (Lipinski definition) is 8. The molecule has 2 rings (SSSR count). The lowest BCUT2D eigenvalue weighted by atomic mass is 10.1. The molecule has 1 saturated carbocycles. The van der Waals surface area contributed by atoms with Crippen molar-refractivity contribution in [3.8, 4) is 0 Å². The van der Waals surface area contributed by atoms with E-state index < -0.39 is 34.4 Å². The normalized spacial score (nSPS) is 20.0. The van der Waals surface area contributed by atoms with Crippen LogP contribution in [0.3, 0.4) is 0 Å². The number of rotatable bonds is 11. The van der Waals surface area contributed by atoms with Crippen molar-refractivity contribution in [2.45, 2.75) is 70.0 Å². The Balaban J connectivity index is 1.95. The summed E-state index contributed by atoms with van der Waals surface area (Å²) in [5.74, 6) is -1.78. The first kappa shape index (κ1) is 27.5. The second kappa shape index (κ2) is 12.1. The van der Waals surface area contributed by atoms with Gasteiger partial charge in [-0.25, -0.2) is 9.59 Å². The van der Waals surface area contributed by atoms with Gasteiger partial charge in [-0.15, -0.1) is 0 Å². The molecule has 9 nitrogen and oxygen atoms in total. The maximum absolute atomic E-state index is 13.0. The molecule has 1 aliphatic rings. The summed E-state index contributed by atoms with van der Waals surface area (Å²) in [5, 5.41) is 4.94. The molecule has 0 saturated heterocycles. The van der Waals surface area contributed by atoms with Gasteiger partial charge in [0.25, 0.3) is 0 Å². The minimum absolute atomic E-state index is 0.00383. The predicted molar refractivity (Wildman–Crippen MR) is 128 cm³/mol. The van der Waals surface area contributed by atoms with E-state index >= 15 is 0 Å². The Labute approximate surface area is 205 Å². The first-order valence-corrected chi connectivity index (χ1v) is 11.8. The molecule has 188 valence electrons. The maximum Gasteiger partial charge on any atom is 0.408 e. The van der Waals surface area contributed by atoms with Crippen LogP contribution in [0.5, 0.6) is 0 Å². The van der Waals surface area contributed by atoms with Gasteiger partial charge in [0.2, 0.25) is 5.91 Å². The lowest BCUT2D eigenvalue weighted by Gasteiger charge is -2.23. The van der Waals surface area contributed by atoms with Crippen molar-refractivity contribution in [2.75, 3.05) is 13.2 Å². The Morgan fingerprint density at radius 1 is 1.15 bits per heavy atom. The van der Waals surface area contributed by atoms with E-state index in [1.54, 1.807) is 27.7 Å². The molecule has 1 aromatic carbocycles. The Hall–Kier alpha value is -2.75. The first-order valence-electron chi connectivity index (χ1n) is 11.3. The Kier molecular flexibility index (Phi) is 9.78. The summed E-state index contributed by atoms with van der Waals surface area (Å²) < 4.78 is 15.6. The molecule has 3 unspecified atom stereocenters. The molecule has 0 bridgehead atoms. The van der Waals surface area contributed by atoms with Gasteiger partial charge < -0.3 is 24.8 Å². The summed E-state index contributed by atoms with van der Waals surface area (Å²) >= 11 is 4.29. The van der Waals surface area contributed by atoms with Crippen LogP contribution in [0.2, 0.25) is 0 Å². The van der Waals surface area contributed by atoms with E-state index in [4.69, 9.17) is 14.2 Å². The van der Waals surface area contributed by atoms with Crippen LogP contribution in [0.25, 0.3) is 0 Å². The standard InChI is InChI=1S/C24H34N2O7S/c1-5-31-20(28)12-18(34)14-25-19(27)11-17-13-24(17,26-22(30)33-23(2,3)4)21(29)32-15-16-9-7-6-8-10-16/h6-10,17-18,34H,5,11-15H2,1-4H3,(H,25,27)(H,26,30). The molecule has 2 amide bonds. The number of thiol groups is 1. The van der Waals surface area contributed by atoms with Gasteiger partial charge in [-0.3, -0.25) is 9.59 Å². The van der Waals surface area contributed by atoms with E-state index in [0.717, 1.165) is 5.56 Å². The number of hydrogen-bond donors (Lipinski definition) is 3. The number of esters is 2. The van der Waals surface area contributed by atoms with Crippen molar-refractivity contribution in [1.29, 1.82) is 0 Å². The van der Waals surface area contributed by atoms with Crippen molar-refractivity contribution in [2.24, 2.45) is 5.92 Å². The second-order valence-electron chi connectivity index (χ2n) is 9.23. The third kappa shape index (κ3) is 8.89. The number of ether oxygens (including phenoxy) is 3. The molecule has 1 aliphatic carbocycles. The summed E-state index contributed by atoms with van der Waals surface area (Å²) in [5.41, 5.74) is -1.28. The summed E-state index contributed by atoms with van der Waals surface area (Å²) in [6, 6.07) is 9.17. The van der Waals surface area contributed by atoms with Crippen molar-refractivity contribution >= 4 is 36.6 Å². The van der Waals surface area contributed by atoms with E-state index in [2.05, 4.69) is 23.3 Å². The van der Waals surface area contributed by atoms with Crippen LogP contribution in [0.15, 0.2) is 30.3 Å². The Morgan fingerprint density at radius 3 is 2.44 bits per heavy atom. The van der Waals surface area contributed by atoms with Gasteiger partial charge in [-0.05, 0) is 39.7 Å². The van der Waals surface area contributed by atoms with Crippen LogP contribution in [0.4, 0.5) is 4.79 Å². The molecule has 0 spiro atoms. The van der Waals surface area contributed by atoms with E-state index in [-0.39, 0.29) is 50.9 Å². The quantitative estimate of drug-likeness (QED) is 0.246. The van der Waals surface area contributed by atoms with E-state index in [0.29, 0.717) is 0 Å². The van der Waals surface area contributed by atoms with Crippen LogP contribution in [-0.2, 0) is 35.2 Å². The van der Waals surface area contributed by atoms with Crippen molar-refractivity contribution in [3.63, 3.8) is 0 Å². The van der Waals surface area contributed by atoms with Crippen molar-refractivity contribution < 1.29 is 33.4 Å². The highest BCUT2D eigenvalue weighted by Crippen LogP contribution is 2.47. The minimum atomic E-state index is -1.33. The number of nitrogens with one attached hydrogen (secondary N) is 2. The van der Waals surface area contributed by atoms with Crippen LogP contribution in [-0.4, -0.2) is 53.5 Å². The summed E-state index contributed by atoms with van der Waals surface area (Å²) in [6.07, 6.45) is -0.440. The van der Waals surface area contributed by atoms with Crippen LogP contribution >= 0.6 is 12.6 Å². The molecular formula is C24H34N2O7S. The zero-order valence-electron chi connectivity index (χ0n) is 20.1. The molecular weight excluding hydrogens is 460 g/mol. The molecule has 0 radical (unpaired) electrons. The van der Waals surface area contributed by atoms with Gasteiger partial charge in [0, 0.05) is 24.1 Å². The minimum Gasteiger partial charge on any atom is -0.466 e. The zero-order chi connectivity index (χ0) is 25.4. The lowest BCUT2D eigenvalue weighted by molar-refractivity contribution is -0.149. The topological polar surface area (TPSA) is 120 Å². The fourth-order valence-electron chi connectivity index (χ4n) is 3.38. The molecule has 1 aromatic rings. The summed E-state index contributed by atoms with van der Waals surface area (Å²) in [6.45, 7) is 7.36. The number of alkyl carbamates (subject to hydrolysis) is 1. The van der Waals surface area contributed by atoms with Gasteiger partial charge in [0.1, 0.15) is 17.7 Å². The molecule has 0 aliphatic heterocycles. The highest BCUT2D eigenvalue weighted by atomic mass is 32.1. The van der Waals surface area contributed by atoms with Gasteiger partial charge in [-0.2, -0.15) is 12.6 Å². The smallest absolute Gasteiger partial charge is 0.408 e. The SMILES string of the molecule is CCOC(=O)CC(S)CNC(=O)CC1CC1(NC(=O)OC(C)(C)C)C(=O)OCc1ccccc1. The molecule has 10 heteroatoms. The molecule has 2 N–H and O–H groups in total. The van der Waals surface area contributed by atoms with E-state index in [9.17, 15) is 19.2 Å². The Bertz CT molecular complexity index is 872. The summed E-state index contributed by atoms with van der Waals surface area (Å²) in [4.78, 5) is 49.3. The van der Waals surface area contributed by atoms with Gasteiger partial charge in [0.15, 0.2) is 0 Å². The van der Waals surface area contributed by atoms with Crippen LogP contribution in [0, 0.1) is 5.92 Å². The number of carbonyl (C=O) groups excluding carboxylic acids is 4. The van der Waals surface area contributed by atoms with E-state index in [1.807, 2.05) is 30.3 Å². The average Bonchev–Trinajstić information content (AvgIpc) is 3.42. The van der Waals surface area contributed by atoms with Crippen molar-refractivity contribution in [3.05, 3.63) is 35.9 Å². The van der Waals surface area contributed by atoms with Crippen molar-refractivity contribution in [1.82, 2.24) is 10.6 Å². The molecule has 1 fully saturated rings. The first-order chi connectivity index (χ1) is 15.9. The van der Waals surface area contributed by atoms with Crippen LogP contribution < -0.4 is 10.6 Å². The molecule has 3 atom stereocenters. The van der Waals surface area contributed by atoms with Crippen LogP contribution in [0.1, 0.15) is 52.5 Å². The number of carbonyl (C=O) groups is 4. The highest BCUT2D eigenvalue weighted by Gasteiger charge is 2.63. The second-order valence-corrected chi connectivity index (χ2v) is 9.96. The summed E-state index contributed by atoms with van der Waals surface area (Å²) in [7, 11) is 0. The van der Waals surface area contributed by atoms with Gasteiger partial charge in [-0.1, -0.05) is 30.3 Å². The maximum atomic E-state index is 13.0. The average molecular weight is 495 g/mol. The fraction of sp³-hybridized carbons (Fsp3) is 0.583. The lowest BCUT2D eigenvalue weighted by Crippen LogP contribution is -2.48. The van der Waals surface area contributed by atoms with Gasteiger partial charge >= 0.3 is 18.0 Å². The van der Waals surface area contributed by atoms with E-state index in [1.165, 1.54) is 0 Å². The van der Waals surface area contributed by atoms with Gasteiger partial charge in [0.05, 0.1) is 13.0 Å². The predicted octanol–water partition coefficient (Wildman–Crippen LogP) is 2.77. The third-order valence-electron chi connectivity index (χ3n) is 5.08. The Morgan fingerprint density at radius 2 is 1.82 bits per heavy atom. The largest absolute Gasteiger partial charge is 0.466 e. The number of benzene rings is 1. The zero-order valence-corrected chi connectivity index (χ0v) is 21.0.